The lowest BCUT2D eigenvalue weighted by Crippen LogP contribution is -2.43. The highest BCUT2D eigenvalue weighted by atomic mass is 16.5. The second-order valence-electron chi connectivity index (χ2n) is 7.76. The molecule has 1 N–H and O–H groups in total. The van der Waals surface area contributed by atoms with Gasteiger partial charge in [-0.05, 0) is 52.2 Å². The molecule has 1 aromatic carbocycles. The number of alkyl carbamates (subject to hydrolysis) is 1. The molecule has 1 fully saturated rings. The van der Waals surface area contributed by atoms with Crippen LogP contribution in [0.15, 0.2) is 18.2 Å². The number of rotatable bonds is 5. The van der Waals surface area contributed by atoms with E-state index in [2.05, 4.69) is 5.32 Å². The summed E-state index contributed by atoms with van der Waals surface area (Å²) < 4.78 is 5.15. The van der Waals surface area contributed by atoms with Gasteiger partial charge in [-0.15, -0.1) is 0 Å². The number of ketones is 1. The van der Waals surface area contributed by atoms with Crippen LogP contribution in [0.1, 0.15) is 55.1 Å². The molecule has 1 aliphatic heterocycles. The molecule has 1 heterocycles. The van der Waals surface area contributed by atoms with Gasteiger partial charge in [0, 0.05) is 17.5 Å². The smallest absolute Gasteiger partial charge is 0.407 e. The number of Topliss-reactive ketones (excluding diaryl/α,β-unsaturated/α-hetero) is 1. The molecule has 142 valence electrons. The number of nitrogens with zero attached hydrogens (tertiary/aromatic N) is 1. The van der Waals surface area contributed by atoms with Crippen molar-refractivity contribution in [1.29, 1.82) is 0 Å². The van der Waals surface area contributed by atoms with Crippen molar-refractivity contribution in [2.24, 2.45) is 0 Å². The SMILES string of the molecule is Cc1cccc(C(=O)[C@@H]2CCC(=O)N2CCOC(=O)NC(C)(C)C)c1C. The Morgan fingerprint density at radius 3 is 2.62 bits per heavy atom. The molecule has 0 aliphatic carbocycles. The average molecular weight is 360 g/mol. The number of carbonyl (C=O) groups is 3. The van der Waals surface area contributed by atoms with E-state index < -0.39 is 12.1 Å². The van der Waals surface area contributed by atoms with Crippen LogP contribution < -0.4 is 5.32 Å². The second kappa shape index (κ2) is 7.89. The molecule has 26 heavy (non-hydrogen) atoms. The predicted molar refractivity (Wildman–Crippen MR) is 99.2 cm³/mol. The third-order valence-electron chi connectivity index (χ3n) is 4.54. The van der Waals surface area contributed by atoms with Crippen molar-refractivity contribution in [2.45, 2.75) is 59.0 Å². The predicted octanol–water partition coefficient (Wildman–Crippen LogP) is 3.00. The van der Waals surface area contributed by atoms with Crippen LogP contribution in [0.25, 0.3) is 0 Å². The van der Waals surface area contributed by atoms with E-state index >= 15 is 0 Å². The molecule has 2 amide bonds. The molecular formula is C20H28N2O4. The fourth-order valence-electron chi connectivity index (χ4n) is 3.06. The van der Waals surface area contributed by atoms with Gasteiger partial charge in [0.15, 0.2) is 5.78 Å². The minimum absolute atomic E-state index is 0.0452. The number of benzene rings is 1. The van der Waals surface area contributed by atoms with E-state index in [0.717, 1.165) is 11.1 Å². The number of hydrogen-bond acceptors (Lipinski definition) is 4. The largest absolute Gasteiger partial charge is 0.448 e. The third-order valence-corrected chi connectivity index (χ3v) is 4.54. The van der Waals surface area contributed by atoms with Gasteiger partial charge in [-0.3, -0.25) is 9.59 Å². The van der Waals surface area contributed by atoms with Gasteiger partial charge in [0.25, 0.3) is 0 Å². The summed E-state index contributed by atoms with van der Waals surface area (Å²) in [5.74, 6) is -0.121. The molecule has 1 atom stereocenters. The third kappa shape index (κ3) is 4.84. The number of amides is 2. The zero-order valence-electron chi connectivity index (χ0n) is 16.2. The van der Waals surface area contributed by atoms with Crippen LogP contribution in [0, 0.1) is 13.8 Å². The standard InChI is InChI=1S/C20H28N2O4/c1-13-7-6-8-15(14(13)2)18(24)16-9-10-17(23)22(16)11-12-26-19(25)21-20(3,4)5/h6-8,16H,9-12H2,1-5H3,(H,21,25)/t16-/m0/s1. The maximum atomic E-state index is 12.9. The Hall–Kier alpha value is -2.37. The van der Waals surface area contributed by atoms with Gasteiger partial charge in [-0.1, -0.05) is 18.2 Å². The molecule has 6 nitrogen and oxygen atoms in total. The molecular weight excluding hydrogens is 332 g/mol. The Morgan fingerprint density at radius 1 is 1.27 bits per heavy atom. The van der Waals surface area contributed by atoms with Gasteiger partial charge in [0.1, 0.15) is 6.61 Å². The number of aryl methyl sites for hydroxylation is 1. The minimum Gasteiger partial charge on any atom is -0.448 e. The fraction of sp³-hybridized carbons (Fsp3) is 0.550. The Morgan fingerprint density at radius 2 is 1.96 bits per heavy atom. The summed E-state index contributed by atoms with van der Waals surface area (Å²) in [4.78, 5) is 38.4. The van der Waals surface area contributed by atoms with Crippen molar-refractivity contribution >= 4 is 17.8 Å². The molecule has 0 unspecified atom stereocenters. The summed E-state index contributed by atoms with van der Waals surface area (Å²) in [5, 5.41) is 2.70. The van der Waals surface area contributed by atoms with E-state index in [0.29, 0.717) is 18.4 Å². The van der Waals surface area contributed by atoms with Crippen molar-refractivity contribution in [1.82, 2.24) is 10.2 Å². The first kappa shape index (κ1) is 19.9. The molecule has 0 aromatic heterocycles. The van der Waals surface area contributed by atoms with E-state index in [-0.39, 0.29) is 30.4 Å². The molecule has 1 saturated heterocycles. The zero-order valence-corrected chi connectivity index (χ0v) is 16.2. The highest BCUT2D eigenvalue weighted by Crippen LogP contribution is 2.24. The van der Waals surface area contributed by atoms with E-state index in [4.69, 9.17) is 4.74 Å². The lowest BCUT2D eigenvalue weighted by atomic mass is 9.95. The van der Waals surface area contributed by atoms with Crippen molar-refractivity contribution < 1.29 is 19.1 Å². The summed E-state index contributed by atoms with van der Waals surface area (Å²) in [7, 11) is 0. The first-order valence-corrected chi connectivity index (χ1v) is 8.95. The van der Waals surface area contributed by atoms with Crippen LogP contribution in [-0.4, -0.2) is 47.4 Å². The first-order valence-electron chi connectivity index (χ1n) is 8.95. The summed E-state index contributed by atoms with van der Waals surface area (Å²) in [5.41, 5.74) is 2.26. The number of likely N-dealkylation sites (tertiary alicyclic amines) is 1. The quantitative estimate of drug-likeness (QED) is 0.819. The van der Waals surface area contributed by atoms with Crippen molar-refractivity contribution in [3.63, 3.8) is 0 Å². The van der Waals surface area contributed by atoms with Crippen LogP contribution >= 0.6 is 0 Å². The molecule has 1 aromatic rings. The Balaban J connectivity index is 2.01. The van der Waals surface area contributed by atoms with Crippen molar-refractivity contribution in [2.75, 3.05) is 13.2 Å². The van der Waals surface area contributed by atoms with Gasteiger partial charge in [0.05, 0.1) is 12.6 Å². The van der Waals surface area contributed by atoms with Gasteiger partial charge >= 0.3 is 6.09 Å². The Labute approximate surface area is 154 Å². The monoisotopic (exact) mass is 360 g/mol. The Bertz CT molecular complexity index is 706. The number of hydrogen-bond donors (Lipinski definition) is 1. The number of ether oxygens (including phenoxy) is 1. The van der Waals surface area contributed by atoms with Crippen LogP contribution in [0.5, 0.6) is 0 Å². The average Bonchev–Trinajstić information content (AvgIpc) is 2.89. The minimum atomic E-state index is -0.526. The maximum absolute atomic E-state index is 12.9. The van der Waals surface area contributed by atoms with E-state index in [1.165, 1.54) is 4.90 Å². The first-order chi connectivity index (χ1) is 12.1. The van der Waals surface area contributed by atoms with Crippen molar-refractivity contribution in [3.05, 3.63) is 34.9 Å². The summed E-state index contributed by atoms with van der Waals surface area (Å²) >= 11 is 0. The normalized spacial score (nSPS) is 17.3. The molecule has 0 saturated carbocycles. The molecule has 1 aliphatic rings. The van der Waals surface area contributed by atoms with E-state index in [1.54, 1.807) is 6.07 Å². The second-order valence-corrected chi connectivity index (χ2v) is 7.76. The van der Waals surface area contributed by atoms with Gasteiger partial charge in [0.2, 0.25) is 5.91 Å². The number of carbonyl (C=O) groups excluding carboxylic acids is 3. The molecule has 0 bridgehead atoms. The van der Waals surface area contributed by atoms with E-state index in [9.17, 15) is 14.4 Å². The lowest BCUT2D eigenvalue weighted by Gasteiger charge is -2.25. The number of nitrogens with one attached hydrogen (secondary N) is 1. The highest BCUT2D eigenvalue weighted by molar-refractivity contribution is 6.04. The maximum Gasteiger partial charge on any atom is 0.407 e. The molecule has 0 spiro atoms. The van der Waals surface area contributed by atoms with Gasteiger partial charge in [-0.25, -0.2) is 4.79 Å². The molecule has 2 rings (SSSR count). The summed E-state index contributed by atoms with van der Waals surface area (Å²) in [6.45, 7) is 9.74. The lowest BCUT2D eigenvalue weighted by molar-refractivity contribution is -0.129. The summed E-state index contributed by atoms with van der Waals surface area (Å²) in [6.07, 6.45) is 0.316. The zero-order chi connectivity index (χ0) is 19.5. The van der Waals surface area contributed by atoms with Gasteiger partial charge < -0.3 is 15.0 Å². The van der Waals surface area contributed by atoms with Crippen LogP contribution in [0.2, 0.25) is 0 Å². The summed E-state index contributed by atoms with van der Waals surface area (Å²) in [6, 6.07) is 5.14. The molecule has 6 heteroatoms. The van der Waals surface area contributed by atoms with E-state index in [1.807, 2.05) is 46.8 Å². The van der Waals surface area contributed by atoms with Crippen LogP contribution in [0.4, 0.5) is 4.79 Å². The Kier molecular flexibility index (Phi) is 6.05. The van der Waals surface area contributed by atoms with Crippen molar-refractivity contribution in [3.8, 4) is 0 Å². The topological polar surface area (TPSA) is 75.7 Å². The fourth-order valence-corrected chi connectivity index (χ4v) is 3.06. The highest BCUT2D eigenvalue weighted by Gasteiger charge is 2.36. The van der Waals surface area contributed by atoms with Crippen LogP contribution in [-0.2, 0) is 9.53 Å². The van der Waals surface area contributed by atoms with Gasteiger partial charge in [-0.2, -0.15) is 0 Å². The van der Waals surface area contributed by atoms with Crippen LogP contribution in [0.3, 0.4) is 0 Å². The molecule has 0 radical (unpaired) electrons.